The number of rotatable bonds is 16. The summed E-state index contributed by atoms with van der Waals surface area (Å²) in [6.07, 6.45) is 9.06. The van der Waals surface area contributed by atoms with E-state index in [1.165, 1.54) is 12.4 Å². The molecule has 70 heavy (non-hydrogen) atoms. The minimum Gasteiger partial charge on any atom is -0.358 e. The summed E-state index contributed by atoms with van der Waals surface area (Å²) in [6.45, 7) is 8.28. The van der Waals surface area contributed by atoms with Crippen LogP contribution in [0.15, 0.2) is 49.1 Å². The average molecular weight is 974 g/mol. The molecule has 8 rings (SSSR count). The minimum atomic E-state index is -4.54. The minimum absolute atomic E-state index is 0.0205. The molecular formula is C51H70F3N11O5. The predicted molar refractivity (Wildman–Crippen MR) is 258 cm³/mol. The Labute approximate surface area is 408 Å². The molecule has 0 bridgehead atoms. The second-order valence-corrected chi connectivity index (χ2v) is 20.4. The molecule has 3 aromatic rings. The number of aromatic nitrogens is 3. The highest BCUT2D eigenvalue weighted by molar-refractivity contribution is 5.93. The van der Waals surface area contributed by atoms with Gasteiger partial charge in [-0.1, -0.05) is 12.5 Å². The standard InChI is InChI=1S/C51H70F3N11O5/c1-32(2)61(3)37-12-14-43(65-26-19-41(50(65)70)59-47-38-27-35(51(52,53)54)11-13-40(38)57-31-58-47)42(28-37)60-48(68)33-15-22-63(23-16-33)36-17-24-64(25-18-36)44(66)10-6-5-7-21-56-49(69)39-29-45(67)62(4)46(39)34-9-8-20-55-30-34/h8-9,11,13,20,27,30-33,36-37,39,41-43,46H,5-7,10,12,14-19,21-26,28-29H2,1-4H3,(H,56,69)(H,60,68)(H,57,58,59)/t37-,39+,41+,42-,43+,46-/m1/s1. The number of hydrogen-bond donors (Lipinski definition) is 3. The number of benzene rings is 1. The Kier molecular flexibility index (Phi) is 16.3. The van der Waals surface area contributed by atoms with Crippen molar-refractivity contribution < 1.29 is 37.1 Å². The molecule has 0 unspecified atom stereocenters. The van der Waals surface area contributed by atoms with Crippen LogP contribution in [-0.4, -0.2) is 159 Å². The zero-order valence-corrected chi connectivity index (χ0v) is 41.0. The van der Waals surface area contributed by atoms with Gasteiger partial charge in [-0.2, -0.15) is 13.2 Å². The van der Waals surface area contributed by atoms with E-state index in [1.54, 1.807) is 24.3 Å². The molecule has 2 aromatic heterocycles. The fraction of sp³-hybridized carbons (Fsp3) is 0.647. The third-order valence-electron chi connectivity index (χ3n) is 16.0. The Balaban J connectivity index is 0.769. The van der Waals surface area contributed by atoms with Gasteiger partial charge in [0.15, 0.2) is 0 Å². The highest BCUT2D eigenvalue weighted by Gasteiger charge is 2.45. The number of unbranched alkanes of at least 4 members (excludes halogenated alkanes) is 2. The summed E-state index contributed by atoms with van der Waals surface area (Å²) in [5.41, 5.74) is 0.377. The monoisotopic (exact) mass is 974 g/mol. The van der Waals surface area contributed by atoms with E-state index in [2.05, 4.69) is 61.6 Å². The highest BCUT2D eigenvalue weighted by atomic mass is 19.4. The zero-order chi connectivity index (χ0) is 49.7. The molecule has 5 aliphatic rings. The number of fused-ring (bicyclic) bond motifs is 1. The van der Waals surface area contributed by atoms with Crippen LogP contribution in [0.1, 0.15) is 114 Å². The molecule has 5 amide bonds. The molecule has 1 saturated carbocycles. The molecule has 6 heterocycles. The summed E-state index contributed by atoms with van der Waals surface area (Å²) in [6, 6.07) is 6.42. The maximum Gasteiger partial charge on any atom is 0.416 e. The van der Waals surface area contributed by atoms with Gasteiger partial charge in [0.1, 0.15) is 18.2 Å². The molecule has 1 aromatic carbocycles. The van der Waals surface area contributed by atoms with E-state index < -0.39 is 23.7 Å². The van der Waals surface area contributed by atoms with Crippen molar-refractivity contribution in [1.82, 2.24) is 50.1 Å². The molecule has 6 atom stereocenters. The fourth-order valence-electron chi connectivity index (χ4n) is 11.6. The van der Waals surface area contributed by atoms with E-state index in [-0.39, 0.29) is 77.2 Å². The van der Waals surface area contributed by atoms with Crippen molar-refractivity contribution in [2.24, 2.45) is 11.8 Å². The van der Waals surface area contributed by atoms with Crippen molar-refractivity contribution in [3.8, 4) is 0 Å². The SMILES string of the molecule is CC(C)N(C)[C@@H]1CC[C@H](N2CC[C@H](Nc3ncnc4ccc(C(F)(F)F)cc34)C2=O)[C@H](NC(=O)C2CCN(C3CCN(C(=O)CCCCCNC(=O)[C@H]4CC(=O)N(C)[C@@H]4c4cccnc4)CC3)CC2)C1. The van der Waals surface area contributed by atoms with Crippen LogP contribution in [0.4, 0.5) is 19.0 Å². The smallest absolute Gasteiger partial charge is 0.358 e. The van der Waals surface area contributed by atoms with Crippen molar-refractivity contribution in [3.05, 3.63) is 60.2 Å². The normalized spacial score (nSPS) is 25.4. The molecule has 5 fully saturated rings. The van der Waals surface area contributed by atoms with Crippen LogP contribution in [0.5, 0.6) is 0 Å². The van der Waals surface area contributed by atoms with Crippen molar-refractivity contribution in [3.63, 3.8) is 0 Å². The van der Waals surface area contributed by atoms with Crippen LogP contribution < -0.4 is 16.0 Å². The van der Waals surface area contributed by atoms with Crippen LogP contribution in [0.3, 0.4) is 0 Å². The van der Waals surface area contributed by atoms with Crippen LogP contribution >= 0.6 is 0 Å². The van der Waals surface area contributed by atoms with Gasteiger partial charge in [-0.05, 0) is 128 Å². The Hall–Kier alpha value is -5.43. The highest BCUT2D eigenvalue weighted by Crippen LogP contribution is 2.38. The molecule has 1 aliphatic carbocycles. The van der Waals surface area contributed by atoms with Crippen LogP contribution in [0, 0.1) is 11.8 Å². The Morgan fingerprint density at radius 2 is 1.67 bits per heavy atom. The summed E-state index contributed by atoms with van der Waals surface area (Å²) in [7, 11) is 3.83. The van der Waals surface area contributed by atoms with Gasteiger partial charge in [0.05, 0.1) is 35.1 Å². The van der Waals surface area contributed by atoms with E-state index in [0.29, 0.717) is 69.5 Å². The number of carbonyl (C=O) groups is 5. The molecule has 0 radical (unpaired) electrons. The van der Waals surface area contributed by atoms with Crippen molar-refractivity contribution in [2.75, 3.05) is 58.7 Å². The topological polar surface area (TPSA) is 176 Å². The van der Waals surface area contributed by atoms with Crippen LogP contribution in [0.2, 0.25) is 0 Å². The van der Waals surface area contributed by atoms with Gasteiger partial charge < -0.3 is 40.4 Å². The largest absolute Gasteiger partial charge is 0.416 e. The molecule has 4 aliphatic heterocycles. The summed E-state index contributed by atoms with van der Waals surface area (Å²) >= 11 is 0. The van der Waals surface area contributed by atoms with E-state index in [1.807, 2.05) is 21.9 Å². The van der Waals surface area contributed by atoms with Gasteiger partial charge in [-0.15, -0.1) is 0 Å². The number of nitrogens with zero attached hydrogens (tertiary/aromatic N) is 8. The number of amides is 5. The van der Waals surface area contributed by atoms with E-state index in [9.17, 15) is 37.1 Å². The van der Waals surface area contributed by atoms with Crippen molar-refractivity contribution in [1.29, 1.82) is 0 Å². The third-order valence-corrected chi connectivity index (χ3v) is 16.0. The fourth-order valence-corrected chi connectivity index (χ4v) is 11.6. The average Bonchev–Trinajstić information content (AvgIpc) is 3.87. The predicted octanol–water partition coefficient (Wildman–Crippen LogP) is 5.40. The number of nitrogens with one attached hydrogen (secondary N) is 3. The number of halogens is 3. The van der Waals surface area contributed by atoms with E-state index >= 15 is 0 Å². The van der Waals surface area contributed by atoms with Crippen LogP contribution in [0.25, 0.3) is 10.9 Å². The molecular weight excluding hydrogens is 904 g/mol. The van der Waals surface area contributed by atoms with Crippen molar-refractivity contribution in [2.45, 2.75) is 146 Å². The zero-order valence-electron chi connectivity index (χ0n) is 41.0. The number of carbonyl (C=O) groups excluding carboxylic acids is 5. The van der Waals surface area contributed by atoms with E-state index in [0.717, 1.165) is 82.2 Å². The number of hydrogen-bond acceptors (Lipinski definition) is 11. The quantitative estimate of drug-likeness (QED) is 0.157. The lowest BCUT2D eigenvalue weighted by Crippen LogP contribution is -2.59. The molecule has 380 valence electrons. The van der Waals surface area contributed by atoms with Gasteiger partial charge in [0, 0.05) is 87.9 Å². The van der Waals surface area contributed by atoms with Gasteiger partial charge in [-0.3, -0.25) is 29.0 Å². The van der Waals surface area contributed by atoms with Gasteiger partial charge >= 0.3 is 6.18 Å². The number of anilines is 1. The Bertz CT molecular complexity index is 2320. The first-order chi connectivity index (χ1) is 33.6. The number of likely N-dealkylation sites (tertiary alicyclic amines) is 4. The van der Waals surface area contributed by atoms with Crippen molar-refractivity contribution >= 4 is 46.3 Å². The van der Waals surface area contributed by atoms with Gasteiger partial charge in [-0.25, -0.2) is 9.97 Å². The van der Waals surface area contributed by atoms with E-state index in [4.69, 9.17) is 0 Å². The van der Waals surface area contributed by atoms with Gasteiger partial charge in [0.2, 0.25) is 29.5 Å². The maximum atomic E-state index is 14.1. The Morgan fingerprint density at radius 1 is 0.900 bits per heavy atom. The van der Waals surface area contributed by atoms with Crippen LogP contribution in [-0.2, 0) is 30.1 Å². The third kappa shape index (κ3) is 11.7. The number of alkyl halides is 3. The van der Waals surface area contributed by atoms with Gasteiger partial charge in [0.25, 0.3) is 0 Å². The second-order valence-electron chi connectivity index (χ2n) is 20.4. The maximum absolute atomic E-state index is 14.1. The summed E-state index contributed by atoms with van der Waals surface area (Å²) in [5, 5.41) is 9.80. The lowest BCUT2D eigenvalue weighted by atomic mass is 9.83. The first-order valence-electron chi connectivity index (χ1n) is 25.4. The molecule has 19 heteroatoms. The first-order valence-corrected chi connectivity index (χ1v) is 25.4. The lowest BCUT2D eigenvalue weighted by molar-refractivity contribution is -0.137. The summed E-state index contributed by atoms with van der Waals surface area (Å²) in [4.78, 5) is 89.9. The second kappa shape index (κ2) is 22.3. The number of pyridine rings is 1. The molecule has 3 N–H and O–H groups in total. The molecule has 0 spiro atoms. The lowest BCUT2D eigenvalue weighted by Gasteiger charge is -2.45. The molecule has 4 saturated heterocycles. The number of piperidine rings is 2. The Morgan fingerprint density at radius 3 is 2.39 bits per heavy atom. The summed E-state index contributed by atoms with van der Waals surface area (Å²) < 4.78 is 40.9. The molecule has 16 nitrogen and oxygen atoms in total. The summed E-state index contributed by atoms with van der Waals surface area (Å²) in [5.74, 6) is -0.591. The first kappa shape index (κ1) is 50.9.